The van der Waals surface area contributed by atoms with Crippen molar-refractivity contribution in [3.8, 4) is 0 Å². The lowest BCUT2D eigenvalue weighted by Gasteiger charge is -2.27. The first-order valence-corrected chi connectivity index (χ1v) is 8.85. The van der Waals surface area contributed by atoms with Gasteiger partial charge in [0.1, 0.15) is 5.82 Å². The molecule has 0 spiro atoms. The molecule has 3 aliphatic heterocycles. The standard InChI is InChI=1S/C18H24N4O2/c1-20-14-5-6-15(20)12-21(9-7-14)18(24)13-10-17(23)22(11-13)16-4-2-3-8-19-16/h2-4,8,13-15H,5-7,9-12H2,1H3/t13-,14+,15+/m1/s1. The Labute approximate surface area is 142 Å². The Kier molecular flexibility index (Phi) is 4.00. The molecule has 3 aliphatic rings. The Balaban J connectivity index is 1.45. The number of likely N-dealkylation sites (N-methyl/N-ethyl adjacent to an activating group) is 1. The number of amides is 2. The average Bonchev–Trinajstić information content (AvgIpc) is 3.08. The van der Waals surface area contributed by atoms with Gasteiger partial charge < -0.3 is 4.90 Å². The summed E-state index contributed by atoms with van der Waals surface area (Å²) in [6.07, 6.45) is 5.45. The van der Waals surface area contributed by atoms with Gasteiger partial charge in [-0.2, -0.15) is 0 Å². The zero-order chi connectivity index (χ0) is 16.7. The summed E-state index contributed by atoms with van der Waals surface area (Å²) in [4.78, 5) is 35.6. The maximum Gasteiger partial charge on any atom is 0.229 e. The van der Waals surface area contributed by atoms with Gasteiger partial charge in [0.15, 0.2) is 0 Å². The van der Waals surface area contributed by atoms with Crippen molar-refractivity contribution in [1.82, 2.24) is 14.8 Å². The van der Waals surface area contributed by atoms with Crippen LogP contribution in [0.1, 0.15) is 25.7 Å². The van der Waals surface area contributed by atoms with Gasteiger partial charge in [0.25, 0.3) is 0 Å². The summed E-state index contributed by atoms with van der Waals surface area (Å²) < 4.78 is 0. The van der Waals surface area contributed by atoms with Crippen molar-refractivity contribution in [2.24, 2.45) is 5.92 Å². The van der Waals surface area contributed by atoms with Gasteiger partial charge in [-0.15, -0.1) is 0 Å². The van der Waals surface area contributed by atoms with Crippen LogP contribution in [0.15, 0.2) is 24.4 Å². The highest BCUT2D eigenvalue weighted by Crippen LogP contribution is 2.30. The monoisotopic (exact) mass is 328 g/mol. The third-order valence-corrected chi connectivity index (χ3v) is 5.86. The number of carbonyl (C=O) groups excluding carboxylic acids is 2. The lowest BCUT2D eigenvalue weighted by molar-refractivity contribution is -0.136. The Morgan fingerprint density at radius 3 is 2.79 bits per heavy atom. The van der Waals surface area contributed by atoms with Crippen molar-refractivity contribution in [2.75, 3.05) is 31.6 Å². The fourth-order valence-electron chi connectivity index (χ4n) is 4.37. The predicted octanol–water partition coefficient (Wildman–Crippen LogP) is 1.13. The molecule has 0 N–H and O–H groups in total. The van der Waals surface area contributed by atoms with Gasteiger partial charge in [0.05, 0.1) is 5.92 Å². The van der Waals surface area contributed by atoms with Crippen LogP contribution in [0.2, 0.25) is 0 Å². The van der Waals surface area contributed by atoms with Crippen molar-refractivity contribution in [1.29, 1.82) is 0 Å². The minimum atomic E-state index is -0.235. The number of aromatic nitrogens is 1. The van der Waals surface area contributed by atoms with E-state index in [1.165, 1.54) is 12.8 Å². The minimum absolute atomic E-state index is 0.000473. The second-order valence-corrected chi connectivity index (χ2v) is 7.22. The number of hydrogen-bond donors (Lipinski definition) is 0. The number of likely N-dealkylation sites (tertiary alicyclic amines) is 1. The lowest BCUT2D eigenvalue weighted by atomic mass is 10.0. The summed E-state index contributed by atoms with van der Waals surface area (Å²) in [5, 5.41) is 0. The van der Waals surface area contributed by atoms with Crippen molar-refractivity contribution in [2.45, 2.75) is 37.8 Å². The molecule has 1 aromatic rings. The summed E-state index contributed by atoms with van der Waals surface area (Å²) >= 11 is 0. The molecule has 0 unspecified atom stereocenters. The Morgan fingerprint density at radius 1 is 1.17 bits per heavy atom. The lowest BCUT2D eigenvalue weighted by Crippen LogP contribution is -2.43. The maximum atomic E-state index is 13.0. The molecular formula is C18H24N4O2. The summed E-state index contributed by atoms with van der Waals surface area (Å²) in [5.41, 5.74) is 0. The molecule has 2 bridgehead atoms. The summed E-state index contributed by atoms with van der Waals surface area (Å²) in [6.45, 7) is 2.08. The van der Waals surface area contributed by atoms with Crippen LogP contribution >= 0.6 is 0 Å². The third-order valence-electron chi connectivity index (χ3n) is 5.86. The van der Waals surface area contributed by atoms with E-state index >= 15 is 0 Å². The van der Waals surface area contributed by atoms with E-state index in [0.29, 0.717) is 30.9 Å². The van der Waals surface area contributed by atoms with E-state index in [0.717, 1.165) is 19.5 Å². The highest BCUT2D eigenvalue weighted by molar-refractivity contribution is 5.99. The van der Waals surface area contributed by atoms with Gasteiger partial charge in [0.2, 0.25) is 11.8 Å². The molecule has 24 heavy (non-hydrogen) atoms. The van der Waals surface area contributed by atoms with Crippen molar-refractivity contribution < 1.29 is 9.59 Å². The van der Waals surface area contributed by atoms with Crippen LogP contribution in [0.4, 0.5) is 5.82 Å². The molecule has 4 heterocycles. The van der Waals surface area contributed by atoms with Crippen molar-refractivity contribution in [3.63, 3.8) is 0 Å². The van der Waals surface area contributed by atoms with E-state index in [1.807, 2.05) is 23.1 Å². The molecular weight excluding hydrogens is 304 g/mol. The van der Waals surface area contributed by atoms with Crippen LogP contribution in [0.3, 0.4) is 0 Å². The van der Waals surface area contributed by atoms with Crippen LogP contribution < -0.4 is 4.90 Å². The molecule has 1 aromatic heterocycles. The molecule has 128 valence electrons. The number of nitrogens with zero attached hydrogens (tertiary/aromatic N) is 4. The highest BCUT2D eigenvalue weighted by atomic mass is 16.2. The van der Waals surface area contributed by atoms with Crippen molar-refractivity contribution in [3.05, 3.63) is 24.4 Å². The maximum absolute atomic E-state index is 13.0. The van der Waals surface area contributed by atoms with Gasteiger partial charge >= 0.3 is 0 Å². The molecule has 3 saturated heterocycles. The first-order valence-electron chi connectivity index (χ1n) is 8.85. The number of hydrogen-bond acceptors (Lipinski definition) is 4. The fraction of sp³-hybridized carbons (Fsp3) is 0.611. The summed E-state index contributed by atoms with van der Waals surface area (Å²) in [7, 11) is 2.18. The predicted molar refractivity (Wildman–Crippen MR) is 90.5 cm³/mol. The molecule has 0 aromatic carbocycles. The average molecular weight is 328 g/mol. The van der Waals surface area contributed by atoms with E-state index in [-0.39, 0.29) is 17.7 Å². The molecule has 0 aliphatic carbocycles. The Hall–Kier alpha value is -1.95. The van der Waals surface area contributed by atoms with Crippen LogP contribution in [0, 0.1) is 5.92 Å². The normalized spacial score (nSPS) is 30.7. The quantitative estimate of drug-likeness (QED) is 0.817. The number of rotatable bonds is 2. The third kappa shape index (κ3) is 2.69. The Bertz CT molecular complexity index is 635. The molecule has 6 nitrogen and oxygen atoms in total. The van der Waals surface area contributed by atoms with Crippen LogP contribution in [0.5, 0.6) is 0 Å². The second kappa shape index (κ2) is 6.16. The number of anilines is 1. The molecule has 3 fully saturated rings. The molecule has 6 heteroatoms. The number of pyridine rings is 1. The van der Waals surface area contributed by atoms with Gasteiger partial charge in [-0.1, -0.05) is 6.07 Å². The summed E-state index contributed by atoms with van der Waals surface area (Å²) in [6, 6.07) is 6.61. The van der Waals surface area contributed by atoms with Gasteiger partial charge in [-0.3, -0.25) is 19.4 Å². The first-order chi connectivity index (χ1) is 11.6. The molecule has 3 atom stereocenters. The van der Waals surface area contributed by atoms with Crippen molar-refractivity contribution >= 4 is 17.6 Å². The largest absolute Gasteiger partial charge is 0.341 e. The first kappa shape index (κ1) is 15.6. The second-order valence-electron chi connectivity index (χ2n) is 7.22. The molecule has 2 amide bonds. The summed E-state index contributed by atoms with van der Waals surface area (Å²) in [5.74, 6) is 0.553. The Morgan fingerprint density at radius 2 is 2.00 bits per heavy atom. The van der Waals surface area contributed by atoms with Gasteiger partial charge in [-0.25, -0.2) is 4.98 Å². The zero-order valence-corrected chi connectivity index (χ0v) is 14.1. The van der Waals surface area contributed by atoms with Crippen LogP contribution in [0.25, 0.3) is 0 Å². The zero-order valence-electron chi connectivity index (χ0n) is 14.1. The van der Waals surface area contributed by atoms with E-state index in [1.54, 1.807) is 11.1 Å². The van der Waals surface area contributed by atoms with Gasteiger partial charge in [-0.05, 0) is 38.4 Å². The van der Waals surface area contributed by atoms with Gasteiger partial charge in [0, 0.05) is 44.3 Å². The van der Waals surface area contributed by atoms with E-state index in [9.17, 15) is 9.59 Å². The number of fused-ring (bicyclic) bond motifs is 2. The number of carbonyl (C=O) groups is 2. The van der Waals surface area contributed by atoms with E-state index < -0.39 is 0 Å². The van der Waals surface area contributed by atoms with E-state index in [4.69, 9.17) is 0 Å². The molecule has 0 radical (unpaired) electrons. The highest BCUT2D eigenvalue weighted by Gasteiger charge is 2.41. The molecule has 0 saturated carbocycles. The van der Waals surface area contributed by atoms with Crippen LogP contribution in [-0.2, 0) is 9.59 Å². The SMILES string of the molecule is CN1[C@H]2CC[C@H]1CN(C(=O)[C@@H]1CC(=O)N(c3ccccn3)C1)CC2. The fourth-order valence-corrected chi connectivity index (χ4v) is 4.37. The van der Waals surface area contributed by atoms with Crippen LogP contribution in [-0.4, -0.2) is 65.4 Å². The topological polar surface area (TPSA) is 56.8 Å². The minimum Gasteiger partial charge on any atom is -0.341 e. The smallest absolute Gasteiger partial charge is 0.229 e. The van der Waals surface area contributed by atoms with E-state index in [2.05, 4.69) is 16.9 Å². The molecule has 4 rings (SSSR count).